The predicted octanol–water partition coefficient (Wildman–Crippen LogP) is 1.81. The number of hydrogen-bond acceptors (Lipinski definition) is 6. The number of carbonyl (C=O) groups is 1. The van der Waals surface area contributed by atoms with Crippen LogP contribution in [-0.2, 0) is 16.5 Å². The van der Waals surface area contributed by atoms with E-state index in [9.17, 15) is 4.79 Å². The van der Waals surface area contributed by atoms with Gasteiger partial charge in [0.05, 0.1) is 43.2 Å². The van der Waals surface area contributed by atoms with Crippen LogP contribution in [0.15, 0.2) is 24.8 Å². The second-order valence-electron chi connectivity index (χ2n) is 5.79. The Morgan fingerprint density at radius 3 is 2.76 bits per heavy atom. The number of aryl methyl sites for hydroxylation is 1. The minimum Gasteiger partial charge on any atom is -0.382 e. The van der Waals surface area contributed by atoms with Gasteiger partial charge < -0.3 is 19.8 Å². The van der Waals surface area contributed by atoms with Crippen molar-refractivity contribution in [2.24, 2.45) is 12.8 Å². The van der Waals surface area contributed by atoms with Gasteiger partial charge in [-0.15, -0.1) is 0 Å². The third-order valence-electron chi connectivity index (χ3n) is 3.90. The second kappa shape index (κ2) is 9.85. The van der Waals surface area contributed by atoms with E-state index in [-0.39, 0.29) is 7.25 Å². The van der Waals surface area contributed by atoms with Gasteiger partial charge in [0.1, 0.15) is 0 Å². The van der Waals surface area contributed by atoms with Crippen LogP contribution in [-0.4, -0.2) is 51.9 Å². The smallest absolute Gasteiger partial charge is 0.286 e. The van der Waals surface area contributed by atoms with E-state index in [1.54, 1.807) is 30.3 Å². The minimum absolute atomic E-state index is 0. The van der Waals surface area contributed by atoms with Crippen LogP contribution in [0.25, 0.3) is 11.4 Å². The molecular weight excluding hydrogens is 322 g/mol. The largest absolute Gasteiger partial charge is 0.382 e. The number of carbonyl (C=O) groups excluding carboxylic acids is 1. The molecule has 2 N–H and O–H groups in total. The summed E-state index contributed by atoms with van der Waals surface area (Å²) in [4.78, 5) is 22.6. The molecule has 1 aliphatic carbocycles. The number of primary amides is 1. The molecule has 0 bridgehead atoms. The lowest BCUT2D eigenvalue weighted by atomic mass is 10.3. The molecular formula is C17H27N5O3. The average Bonchev–Trinajstić information content (AvgIpc) is 3.27. The highest BCUT2D eigenvalue weighted by Gasteiger charge is 2.14. The van der Waals surface area contributed by atoms with Crippen LogP contribution in [0.4, 0.5) is 0 Å². The molecule has 8 nitrogen and oxygen atoms in total. The normalized spacial score (nSPS) is 14.2. The van der Waals surface area contributed by atoms with E-state index >= 15 is 0 Å². The first kappa shape index (κ1) is 19.0. The molecule has 0 radical (unpaired) electrons. The number of methoxy groups -OCH3 is 1. The Morgan fingerprint density at radius 1 is 1.40 bits per heavy atom. The zero-order valence-electron chi connectivity index (χ0n) is 14.7. The van der Waals surface area contributed by atoms with E-state index in [2.05, 4.69) is 15.0 Å². The maximum atomic E-state index is 10.9. The fourth-order valence-electron chi connectivity index (χ4n) is 2.58. The van der Waals surface area contributed by atoms with Gasteiger partial charge in [-0.1, -0.05) is 12.8 Å². The summed E-state index contributed by atoms with van der Waals surface area (Å²) in [6.07, 6.45) is 10.5. The first-order valence-corrected chi connectivity index (χ1v) is 8.32. The lowest BCUT2D eigenvalue weighted by molar-refractivity contribution is 0.0211. The second-order valence-corrected chi connectivity index (χ2v) is 5.79. The Hall–Kier alpha value is -2.32. The van der Waals surface area contributed by atoms with Crippen LogP contribution in [0.3, 0.4) is 0 Å². The lowest BCUT2D eigenvalue weighted by Crippen LogP contribution is -2.15. The van der Waals surface area contributed by atoms with Crippen LogP contribution in [0.2, 0.25) is 0 Å². The summed E-state index contributed by atoms with van der Waals surface area (Å²) >= 11 is 0. The summed E-state index contributed by atoms with van der Waals surface area (Å²) in [5.41, 5.74) is 6.52. The number of hydrogen-bond donors (Lipinski definition) is 1. The van der Waals surface area contributed by atoms with Gasteiger partial charge in [0, 0.05) is 21.8 Å². The van der Waals surface area contributed by atoms with Crippen LogP contribution in [0.5, 0.6) is 0 Å². The van der Waals surface area contributed by atoms with Crippen molar-refractivity contribution in [2.45, 2.75) is 31.8 Å². The summed E-state index contributed by atoms with van der Waals surface area (Å²) < 4.78 is 12.2. The SMILES string of the molecule is COCCOC1CCCC1.Cn1cncc1-c1ccnc(C(N)=O)n1.[HH]. The molecule has 2 aromatic rings. The molecule has 2 heterocycles. The number of amides is 1. The number of rotatable bonds is 6. The Balaban J connectivity index is 0.000000270. The minimum atomic E-state index is -0.640. The quantitative estimate of drug-likeness (QED) is 0.798. The highest BCUT2D eigenvalue weighted by atomic mass is 16.5. The molecule has 8 heteroatoms. The fourth-order valence-corrected chi connectivity index (χ4v) is 2.58. The van der Waals surface area contributed by atoms with Crippen LogP contribution < -0.4 is 5.73 Å². The summed E-state index contributed by atoms with van der Waals surface area (Å²) in [5, 5.41) is 0. The van der Waals surface area contributed by atoms with Gasteiger partial charge in [0.15, 0.2) is 0 Å². The zero-order chi connectivity index (χ0) is 18.1. The van der Waals surface area contributed by atoms with Crippen LogP contribution in [0, 0.1) is 0 Å². The van der Waals surface area contributed by atoms with Gasteiger partial charge >= 0.3 is 0 Å². The molecule has 0 saturated heterocycles. The van der Waals surface area contributed by atoms with Crippen LogP contribution in [0.1, 0.15) is 37.7 Å². The average molecular weight is 349 g/mol. The van der Waals surface area contributed by atoms with Gasteiger partial charge in [-0.05, 0) is 18.9 Å². The molecule has 0 spiro atoms. The van der Waals surface area contributed by atoms with E-state index in [0.29, 0.717) is 11.8 Å². The molecule has 2 aromatic heterocycles. The van der Waals surface area contributed by atoms with Gasteiger partial charge in [-0.25, -0.2) is 15.0 Å². The first-order chi connectivity index (χ1) is 12.1. The van der Waals surface area contributed by atoms with E-state index < -0.39 is 5.91 Å². The molecule has 1 amide bonds. The van der Waals surface area contributed by atoms with E-state index in [1.165, 1.54) is 31.9 Å². The molecule has 25 heavy (non-hydrogen) atoms. The summed E-state index contributed by atoms with van der Waals surface area (Å²) in [5.74, 6) is -0.632. The third-order valence-corrected chi connectivity index (χ3v) is 3.90. The Morgan fingerprint density at radius 2 is 2.16 bits per heavy atom. The maximum Gasteiger partial charge on any atom is 0.286 e. The van der Waals surface area contributed by atoms with Gasteiger partial charge in [0.25, 0.3) is 5.91 Å². The van der Waals surface area contributed by atoms with Crippen molar-refractivity contribution in [3.8, 4) is 11.4 Å². The van der Waals surface area contributed by atoms with Crippen molar-refractivity contribution in [1.29, 1.82) is 0 Å². The number of aromatic nitrogens is 4. The number of nitrogens with two attached hydrogens (primary N) is 1. The molecule has 1 aliphatic rings. The van der Waals surface area contributed by atoms with Gasteiger partial charge in [-0.2, -0.15) is 0 Å². The molecule has 1 saturated carbocycles. The number of ether oxygens (including phenoxy) is 2. The fraction of sp³-hybridized carbons (Fsp3) is 0.529. The Kier molecular flexibility index (Phi) is 7.49. The van der Waals surface area contributed by atoms with E-state index in [1.807, 2.05) is 7.05 Å². The first-order valence-electron chi connectivity index (χ1n) is 8.32. The predicted molar refractivity (Wildman–Crippen MR) is 94.9 cm³/mol. The van der Waals surface area contributed by atoms with E-state index in [0.717, 1.165) is 18.9 Å². The molecule has 138 valence electrons. The molecule has 3 rings (SSSR count). The molecule has 0 unspecified atom stereocenters. The highest BCUT2D eigenvalue weighted by Crippen LogP contribution is 2.20. The molecule has 0 atom stereocenters. The summed E-state index contributed by atoms with van der Waals surface area (Å²) in [7, 11) is 3.55. The number of nitrogens with zero attached hydrogens (tertiary/aromatic N) is 4. The lowest BCUT2D eigenvalue weighted by Gasteiger charge is -2.09. The van der Waals surface area contributed by atoms with Crippen molar-refractivity contribution in [1.82, 2.24) is 19.5 Å². The molecule has 0 aliphatic heterocycles. The third kappa shape index (κ3) is 5.91. The zero-order valence-corrected chi connectivity index (χ0v) is 14.7. The molecule has 0 aromatic carbocycles. The summed E-state index contributed by atoms with van der Waals surface area (Å²) in [6, 6.07) is 1.70. The van der Waals surface area contributed by atoms with Crippen molar-refractivity contribution < 1.29 is 15.7 Å². The van der Waals surface area contributed by atoms with Crippen molar-refractivity contribution >= 4 is 5.91 Å². The number of imidazole rings is 1. The summed E-state index contributed by atoms with van der Waals surface area (Å²) in [6.45, 7) is 1.50. The standard InChI is InChI=1S/C9H9N5O.C8H16O2.H2/c1-14-5-11-4-7(14)6-2-3-12-9(13-6)8(10)15;1-9-6-7-10-8-4-2-3-5-8;/h2-5H,1H3,(H2,10,15);8H,2-7H2,1H3;1H. The Labute approximate surface area is 148 Å². The van der Waals surface area contributed by atoms with Crippen molar-refractivity contribution in [3.63, 3.8) is 0 Å². The monoisotopic (exact) mass is 349 g/mol. The molecule has 1 fully saturated rings. The van der Waals surface area contributed by atoms with Crippen molar-refractivity contribution in [2.75, 3.05) is 20.3 Å². The topological polar surface area (TPSA) is 105 Å². The van der Waals surface area contributed by atoms with Gasteiger partial charge in [0.2, 0.25) is 5.82 Å². The Bertz CT molecular complexity index is 674. The van der Waals surface area contributed by atoms with Crippen molar-refractivity contribution in [3.05, 3.63) is 30.6 Å². The maximum absolute atomic E-state index is 10.9. The van der Waals surface area contributed by atoms with Crippen LogP contribution >= 0.6 is 0 Å². The highest BCUT2D eigenvalue weighted by molar-refractivity contribution is 5.89. The van der Waals surface area contributed by atoms with E-state index in [4.69, 9.17) is 15.2 Å². The van der Waals surface area contributed by atoms with Gasteiger partial charge in [-0.3, -0.25) is 4.79 Å².